The average molecular weight is 655 g/mol. The van der Waals surface area contributed by atoms with Gasteiger partial charge in [0.15, 0.2) is 5.60 Å². The number of ether oxygens (including phenoxy) is 2. The van der Waals surface area contributed by atoms with Gasteiger partial charge in [0.2, 0.25) is 10.3 Å². The third-order valence-corrected chi connectivity index (χ3v) is 8.54. The molecule has 1 aliphatic rings. The zero-order chi connectivity index (χ0) is 29.7. The van der Waals surface area contributed by atoms with E-state index in [2.05, 4.69) is 41.5 Å². The summed E-state index contributed by atoms with van der Waals surface area (Å²) in [5.74, 6) is 0.782. The molecular formula is C30H29BrFN5O4S. The van der Waals surface area contributed by atoms with Crippen LogP contribution in [0.2, 0.25) is 0 Å². The van der Waals surface area contributed by atoms with Gasteiger partial charge >= 0.3 is 0 Å². The first-order valence-corrected chi connectivity index (χ1v) is 15.1. The van der Waals surface area contributed by atoms with Crippen molar-refractivity contribution in [2.45, 2.75) is 32.5 Å². The maximum absolute atomic E-state index is 13.5. The fourth-order valence-corrected chi connectivity index (χ4v) is 5.70. The first-order chi connectivity index (χ1) is 20.2. The molecule has 2 aromatic carbocycles. The SMILES string of the molecule is CC(C)C(CNCC1(c2cc3c(Nc4ccc(OCc5cccc(F)c5)c(Br)c4)ncnc3cn2)CC=CO1)=S(=O)=O. The number of rotatable bonds is 11. The van der Waals surface area contributed by atoms with Gasteiger partial charge in [-0.25, -0.2) is 14.4 Å². The Bertz CT molecular complexity index is 1770. The Balaban J connectivity index is 1.36. The number of fused-ring (bicyclic) bond motifs is 1. The van der Waals surface area contributed by atoms with Crippen LogP contribution in [-0.4, -0.2) is 41.3 Å². The van der Waals surface area contributed by atoms with Crippen molar-refractivity contribution in [3.05, 3.63) is 94.9 Å². The van der Waals surface area contributed by atoms with Crippen LogP contribution in [0.1, 0.15) is 31.5 Å². The van der Waals surface area contributed by atoms with E-state index in [1.165, 1.54) is 18.5 Å². The second-order valence-electron chi connectivity index (χ2n) is 10.1. The number of halogens is 2. The Hall–Kier alpha value is -3.87. The minimum absolute atomic E-state index is 0.104. The lowest BCUT2D eigenvalue weighted by Crippen LogP contribution is -2.41. The molecule has 1 atom stereocenters. The quantitative estimate of drug-likeness (QED) is 0.197. The van der Waals surface area contributed by atoms with Crippen LogP contribution in [0.15, 0.2) is 77.9 Å². The number of nitrogens with one attached hydrogen (secondary N) is 2. The molecule has 9 nitrogen and oxygen atoms in total. The number of pyridine rings is 1. The van der Waals surface area contributed by atoms with Gasteiger partial charge in [-0.1, -0.05) is 26.0 Å². The highest BCUT2D eigenvalue weighted by atomic mass is 79.9. The monoisotopic (exact) mass is 653 g/mol. The van der Waals surface area contributed by atoms with Crippen molar-refractivity contribution in [3.8, 4) is 5.75 Å². The number of anilines is 2. The zero-order valence-corrected chi connectivity index (χ0v) is 25.4. The molecule has 218 valence electrons. The summed E-state index contributed by atoms with van der Waals surface area (Å²) in [6.07, 6.45) is 7.27. The van der Waals surface area contributed by atoms with E-state index in [0.717, 1.165) is 21.1 Å². The Labute approximate surface area is 252 Å². The molecule has 0 saturated heterocycles. The fourth-order valence-electron chi connectivity index (χ4n) is 4.61. The lowest BCUT2D eigenvalue weighted by molar-refractivity contribution is 0.0384. The molecule has 0 fully saturated rings. The van der Waals surface area contributed by atoms with Gasteiger partial charge in [-0.05, 0) is 69.9 Å². The molecule has 12 heteroatoms. The summed E-state index contributed by atoms with van der Waals surface area (Å²) in [5, 5.41) is 7.35. The third-order valence-electron chi connectivity index (χ3n) is 6.87. The zero-order valence-electron chi connectivity index (χ0n) is 23.0. The van der Waals surface area contributed by atoms with Crippen LogP contribution in [0.25, 0.3) is 10.9 Å². The molecule has 0 aliphatic carbocycles. The lowest BCUT2D eigenvalue weighted by atomic mass is 9.94. The van der Waals surface area contributed by atoms with Crippen LogP contribution >= 0.6 is 15.9 Å². The molecule has 2 N–H and O–H groups in total. The number of benzene rings is 2. The van der Waals surface area contributed by atoms with E-state index in [1.54, 1.807) is 24.6 Å². The van der Waals surface area contributed by atoms with Crippen LogP contribution in [0.4, 0.5) is 15.9 Å². The predicted molar refractivity (Wildman–Crippen MR) is 164 cm³/mol. The first-order valence-electron chi connectivity index (χ1n) is 13.3. The van der Waals surface area contributed by atoms with Crippen molar-refractivity contribution in [1.29, 1.82) is 0 Å². The van der Waals surface area contributed by atoms with Gasteiger partial charge < -0.3 is 20.1 Å². The van der Waals surface area contributed by atoms with E-state index in [1.807, 2.05) is 44.2 Å². The van der Waals surface area contributed by atoms with Crippen molar-refractivity contribution in [3.63, 3.8) is 0 Å². The van der Waals surface area contributed by atoms with Gasteiger partial charge in [0.25, 0.3) is 0 Å². The smallest absolute Gasteiger partial charge is 0.214 e. The van der Waals surface area contributed by atoms with E-state index >= 15 is 0 Å². The minimum atomic E-state index is -2.27. The summed E-state index contributed by atoms with van der Waals surface area (Å²) in [6, 6.07) is 13.7. The fraction of sp³-hybridized carbons (Fsp3) is 0.267. The minimum Gasteiger partial charge on any atom is -0.488 e. The van der Waals surface area contributed by atoms with E-state index < -0.39 is 15.9 Å². The number of nitrogens with zero attached hydrogens (tertiary/aromatic N) is 3. The van der Waals surface area contributed by atoms with Crippen LogP contribution in [0, 0.1) is 11.7 Å². The van der Waals surface area contributed by atoms with E-state index in [9.17, 15) is 12.8 Å². The van der Waals surface area contributed by atoms with Crippen molar-refractivity contribution in [1.82, 2.24) is 20.3 Å². The molecule has 0 radical (unpaired) electrons. The van der Waals surface area contributed by atoms with Gasteiger partial charge in [0, 0.05) is 30.6 Å². The Kier molecular flexibility index (Phi) is 9.15. The van der Waals surface area contributed by atoms with Gasteiger partial charge in [0.05, 0.1) is 33.0 Å². The summed E-state index contributed by atoms with van der Waals surface area (Å²) in [5.41, 5.74) is 2.00. The lowest BCUT2D eigenvalue weighted by Gasteiger charge is -2.29. The van der Waals surface area contributed by atoms with Crippen LogP contribution in [-0.2, 0) is 27.2 Å². The number of hydrogen-bond donors (Lipinski definition) is 2. The molecule has 2 aromatic heterocycles. The molecule has 4 aromatic rings. The molecule has 0 saturated carbocycles. The molecule has 3 heterocycles. The summed E-state index contributed by atoms with van der Waals surface area (Å²) >= 11 is 3.56. The molecule has 1 unspecified atom stereocenters. The van der Waals surface area contributed by atoms with Crippen LogP contribution < -0.4 is 15.4 Å². The largest absolute Gasteiger partial charge is 0.488 e. The second kappa shape index (κ2) is 13.0. The topological polar surface area (TPSA) is 115 Å². The predicted octanol–water partition coefficient (Wildman–Crippen LogP) is 5.68. The Morgan fingerprint density at radius 2 is 2.02 bits per heavy atom. The van der Waals surface area contributed by atoms with Gasteiger partial charge in [0.1, 0.15) is 30.3 Å². The first kappa shape index (κ1) is 29.6. The molecule has 0 amide bonds. The molecular weight excluding hydrogens is 625 g/mol. The average Bonchev–Trinajstić information content (AvgIpc) is 3.44. The highest BCUT2D eigenvalue weighted by Crippen LogP contribution is 2.36. The van der Waals surface area contributed by atoms with E-state index in [0.29, 0.717) is 40.6 Å². The third kappa shape index (κ3) is 6.77. The summed E-state index contributed by atoms with van der Waals surface area (Å²) in [4.78, 5) is 13.9. The summed E-state index contributed by atoms with van der Waals surface area (Å²) in [7, 11) is -2.27. The molecule has 5 rings (SSSR count). The van der Waals surface area contributed by atoms with Crippen LogP contribution in [0.3, 0.4) is 0 Å². The number of aromatic nitrogens is 3. The Morgan fingerprint density at radius 1 is 1.17 bits per heavy atom. The maximum Gasteiger partial charge on any atom is 0.214 e. The summed E-state index contributed by atoms with van der Waals surface area (Å²) in [6.45, 7) is 4.50. The van der Waals surface area contributed by atoms with Gasteiger partial charge in [-0.15, -0.1) is 0 Å². The highest BCUT2D eigenvalue weighted by Gasteiger charge is 2.37. The van der Waals surface area contributed by atoms with E-state index in [-0.39, 0.29) is 24.9 Å². The van der Waals surface area contributed by atoms with Crippen molar-refractivity contribution in [2.75, 3.05) is 18.4 Å². The second-order valence-corrected chi connectivity index (χ2v) is 12.0. The van der Waals surface area contributed by atoms with Crippen molar-refractivity contribution in [2.24, 2.45) is 5.92 Å². The van der Waals surface area contributed by atoms with Gasteiger partial charge in [-0.3, -0.25) is 4.98 Å². The van der Waals surface area contributed by atoms with Gasteiger partial charge in [-0.2, -0.15) is 8.42 Å². The molecule has 0 spiro atoms. The molecule has 0 bridgehead atoms. The Morgan fingerprint density at radius 3 is 2.74 bits per heavy atom. The summed E-state index contributed by atoms with van der Waals surface area (Å²) < 4.78 is 49.4. The highest BCUT2D eigenvalue weighted by molar-refractivity contribution is 9.10. The normalized spacial score (nSPS) is 16.0. The molecule has 42 heavy (non-hydrogen) atoms. The standard InChI is InChI=1S/C30H29BrFN5O4S/c1-19(2)27(42(38)39)15-33-17-30(9-4-10-41-30)28-13-23-25(14-34-28)35-18-36-29(23)37-22-7-8-26(24(31)12-22)40-16-20-5-3-6-21(32)11-20/h3-8,10-14,18-19,33H,9,15-17H2,1-2H3,(H,35,36,37). The number of hydrogen-bond acceptors (Lipinski definition) is 9. The van der Waals surface area contributed by atoms with Crippen molar-refractivity contribution < 1.29 is 22.3 Å². The molecule has 1 aliphatic heterocycles. The van der Waals surface area contributed by atoms with E-state index in [4.69, 9.17) is 9.47 Å². The maximum atomic E-state index is 13.5. The van der Waals surface area contributed by atoms with Crippen LogP contribution in [0.5, 0.6) is 5.75 Å². The van der Waals surface area contributed by atoms with Crippen molar-refractivity contribution >= 4 is 53.5 Å².